The van der Waals surface area contributed by atoms with E-state index in [4.69, 9.17) is 37.8 Å². The maximum absolute atomic E-state index is 12.4. The summed E-state index contributed by atoms with van der Waals surface area (Å²) in [6.07, 6.45) is 7.74. The van der Waals surface area contributed by atoms with Crippen molar-refractivity contribution in [2.45, 2.75) is 54.9 Å². The van der Waals surface area contributed by atoms with E-state index in [9.17, 15) is 4.79 Å². The number of thiol groups is 1. The molecule has 0 saturated heterocycles. The number of hydrogen-bond donors (Lipinski definition) is 2. The summed E-state index contributed by atoms with van der Waals surface area (Å²) in [4.78, 5) is 16.4. The van der Waals surface area contributed by atoms with Gasteiger partial charge in [-0.2, -0.15) is 12.6 Å². The highest BCUT2D eigenvalue weighted by atomic mass is 35.5. The van der Waals surface area contributed by atoms with Crippen LogP contribution in [0.5, 0.6) is 5.75 Å². The molecule has 0 aliphatic rings. The number of aliphatic hydroxyl groups is 1. The van der Waals surface area contributed by atoms with Gasteiger partial charge in [-0.3, -0.25) is 4.79 Å². The first-order valence-corrected chi connectivity index (χ1v) is 15.7. The molecule has 9 heteroatoms. The Kier molecular flexibility index (Phi) is 31.0. The van der Waals surface area contributed by atoms with Crippen molar-refractivity contribution in [1.29, 1.82) is 0 Å². The topological polar surface area (TPSA) is 68.1 Å². The predicted octanol–water partition coefficient (Wildman–Crippen LogP) is 9.86. The third-order valence-electron chi connectivity index (χ3n) is 4.48. The maximum atomic E-state index is 12.4. The average molecular weight is 651 g/mol. The summed E-state index contributed by atoms with van der Waals surface area (Å²) >= 11 is 16.5. The molecular formula is C32H53Cl2NO4S2. The molecule has 1 aromatic rings. The number of thioether (sulfide) groups is 1. The molecule has 0 heterocycles. The number of hydrogen-bond acceptors (Lipinski definition) is 7. The van der Waals surface area contributed by atoms with Gasteiger partial charge in [-0.05, 0) is 67.0 Å². The zero-order valence-electron chi connectivity index (χ0n) is 26.9. The van der Waals surface area contributed by atoms with E-state index in [1.165, 1.54) is 17.8 Å². The molecule has 5 nitrogen and oxygen atoms in total. The van der Waals surface area contributed by atoms with Gasteiger partial charge in [0.1, 0.15) is 5.75 Å². The number of ether oxygens (including phenoxy) is 2. The lowest BCUT2D eigenvalue weighted by molar-refractivity contribution is 0.103. The number of aliphatic hydroxyl groups excluding tert-OH is 1. The number of aliphatic imine (C=N–C) groups is 1. The highest BCUT2D eigenvalue weighted by molar-refractivity contribution is 8.13. The number of Topliss-reactive ketones (excluding diaryl/α,β-unsaturated/α-hetero) is 1. The normalized spacial score (nSPS) is 11.0. The van der Waals surface area contributed by atoms with Crippen molar-refractivity contribution in [2.75, 3.05) is 39.9 Å². The molecule has 41 heavy (non-hydrogen) atoms. The number of ketones is 1. The Labute approximate surface area is 270 Å². The van der Waals surface area contributed by atoms with Crippen molar-refractivity contribution in [1.82, 2.24) is 0 Å². The molecule has 0 bridgehead atoms. The van der Waals surface area contributed by atoms with Gasteiger partial charge in [0.2, 0.25) is 0 Å². The van der Waals surface area contributed by atoms with Gasteiger partial charge in [-0.15, -0.1) is 6.58 Å². The van der Waals surface area contributed by atoms with Crippen molar-refractivity contribution in [3.05, 3.63) is 77.4 Å². The number of carbonyl (C=O) groups excluding carboxylic acids is 1. The Morgan fingerprint density at radius 2 is 1.59 bits per heavy atom. The van der Waals surface area contributed by atoms with Crippen LogP contribution in [0.4, 0.5) is 0 Å². The van der Waals surface area contributed by atoms with Crippen molar-refractivity contribution >= 4 is 58.6 Å². The van der Waals surface area contributed by atoms with Crippen molar-refractivity contribution < 1.29 is 19.4 Å². The van der Waals surface area contributed by atoms with Crippen molar-refractivity contribution in [3.8, 4) is 5.75 Å². The third kappa shape index (κ3) is 28.4. The fourth-order valence-corrected chi connectivity index (χ4v) is 2.69. The van der Waals surface area contributed by atoms with Gasteiger partial charge in [0.25, 0.3) is 5.23 Å². The third-order valence-corrected chi connectivity index (χ3v) is 5.41. The van der Waals surface area contributed by atoms with E-state index >= 15 is 0 Å². The molecule has 0 radical (unpaired) electrons. The van der Waals surface area contributed by atoms with Crippen LogP contribution in [0.25, 0.3) is 0 Å². The minimum Gasteiger partial charge on any atom is -0.434 e. The van der Waals surface area contributed by atoms with E-state index in [0.29, 0.717) is 28.6 Å². The molecule has 1 aromatic carbocycles. The number of halogens is 2. The molecule has 0 fully saturated rings. The molecule has 1 rings (SSSR count). The van der Waals surface area contributed by atoms with Gasteiger partial charge < -0.3 is 14.6 Å². The monoisotopic (exact) mass is 649 g/mol. The molecule has 0 amide bonds. The second-order valence-electron chi connectivity index (χ2n) is 10.1. The van der Waals surface area contributed by atoms with Crippen LogP contribution in [0, 0.1) is 10.8 Å². The van der Waals surface area contributed by atoms with Crippen LogP contribution < -0.4 is 4.74 Å². The number of allylic oxidation sites excluding steroid dienone is 5. The molecule has 0 saturated carbocycles. The number of methoxy groups -OCH3 is 1. The van der Waals surface area contributed by atoms with Crippen LogP contribution in [0.2, 0.25) is 0 Å². The van der Waals surface area contributed by atoms with Crippen LogP contribution in [-0.4, -0.2) is 56.0 Å². The largest absolute Gasteiger partial charge is 0.434 e. The molecule has 0 unspecified atom stereocenters. The van der Waals surface area contributed by atoms with E-state index < -0.39 is 0 Å². The number of rotatable bonds is 8. The highest BCUT2D eigenvalue weighted by Gasteiger charge is 2.15. The quantitative estimate of drug-likeness (QED) is 0.0558. The second-order valence-corrected chi connectivity index (χ2v) is 11.8. The number of carbonyl (C=O) groups is 1. The van der Waals surface area contributed by atoms with Crippen LogP contribution in [0.1, 0.15) is 65.2 Å². The minimum absolute atomic E-state index is 0.106. The van der Waals surface area contributed by atoms with Crippen LogP contribution in [-0.2, 0) is 4.74 Å². The van der Waals surface area contributed by atoms with Crippen molar-refractivity contribution in [3.63, 3.8) is 0 Å². The highest BCUT2D eigenvalue weighted by Crippen LogP contribution is 2.23. The van der Waals surface area contributed by atoms with Gasteiger partial charge in [0, 0.05) is 42.0 Å². The predicted molar refractivity (Wildman–Crippen MR) is 190 cm³/mol. The first-order chi connectivity index (χ1) is 19.0. The minimum atomic E-state index is -0.289. The van der Waals surface area contributed by atoms with Crippen molar-refractivity contribution in [2.24, 2.45) is 15.8 Å². The standard InChI is InChI=1S/C16H15Cl2NO2S.2C6H14O.C3H6.CH4S/c1-10(17)9-14(11(2)18)15(20)12-5-7-13(8-6-12)21-16(19-3)22-4;1-6(2,3)5-7-4;1-4-6(2,3)5-7;1-3-2;1-2/h5-9H,1-2H2,3-4H3;5H2,1-4H3;7H,4-5H2,1-3H3;3H,1H2,2H3;2H,1H3/b14-9+,19-16?;;;;. The summed E-state index contributed by atoms with van der Waals surface area (Å²) in [6, 6.07) is 6.63. The van der Waals surface area contributed by atoms with E-state index in [2.05, 4.69) is 65.1 Å². The van der Waals surface area contributed by atoms with E-state index in [0.717, 1.165) is 13.0 Å². The Morgan fingerprint density at radius 1 is 1.12 bits per heavy atom. The molecule has 1 N–H and O–H groups in total. The molecule has 0 aliphatic heterocycles. The summed E-state index contributed by atoms with van der Waals surface area (Å²) in [7, 11) is 3.37. The smallest absolute Gasteiger partial charge is 0.250 e. The van der Waals surface area contributed by atoms with Gasteiger partial charge in [0.15, 0.2) is 5.78 Å². The maximum Gasteiger partial charge on any atom is 0.250 e. The summed E-state index contributed by atoms with van der Waals surface area (Å²) < 4.78 is 10.4. The second kappa shape index (κ2) is 27.4. The number of nitrogens with zero attached hydrogens (tertiary/aromatic N) is 1. The summed E-state index contributed by atoms with van der Waals surface area (Å²) in [5, 5.41) is 9.44. The first kappa shape index (κ1) is 46.5. The SMILES string of the molecule is C=C(Cl)/C=C(\C(=C)Cl)C(=O)c1ccc(OC(=NC)SC)cc1.C=CC.CCC(C)(C)CO.COCC(C)(C)C.CS. The fraction of sp³-hybridized carbons (Fsp3) is 0.500. The van der Waals surface area contributed by atoms with E-state index in [1.807, 2.05) is 27.0 Å². The Balaban J connectivity index is -0.000000294. The molecule has 0 spiro atoms. The Hall–Kier alpha value is -1.48. The van der Waals surface area contributed by atoms with Gasteiger partial charge >= 0.3 is 0 Å². The van der Waals surface area contributed by atoms with Gasteiger partial charge in [-0.25, -0.2) is 4.99 Å². The fourth-order valence-electron chi connectivity index (χ4n) is 2.08. The Morgan fingerprint density at radius 3 is 1.80 bits per heavy atom. The lowest BCUT2D eigenvalue weighted by atomic mass is 9.92. The zero-order chi connectivity index (χ0) is 33.2. The van der Waals surface area contributed by atoms with Crippen LogP contribution in [0.3, 0.4) is 0 Å². The lowest BCUT2D eigenvalue weighted by Crippen LogP contribution is -2.14. The van der Waals surface area contributed by atoms with Gasteiger partial charge in [0.05, 0.1) is 6.61 Å². The molecule has 0 aromatic heterocycles. The summed E-state index contributed by atoms with van der Waals surface area (Å²) in [6.45, 7) is 26.1. The Bertz CT molecular complexity index is 930. The zero-order valence-corrected chi connectivity index (χ0v) is 30.2. The molecular weight excluding hydrogens is 597 g/mol. The average Bonchev–Trinajstić information content (AvgIpc) is 2.91. The van der Waals surface area contributed by atoms with Gasteiger partial charge in [-0.1, -0.05) is 95.7 Å². The van der Waals surface area contributed by atoms with E-state index in [-0.39, 0.29) is 26.8 Å². The number of benzene rings is 1. The van der Waals surface area contributed by atoms with E-state index in [1.54, 1.807) is 50.8 Å². The summed E-state index contributed by atoms with van der Waals surface area (Å²) in [5.74, 6) is 0.297. The molecule has 236 valence electrons. The molecule has 0 aliphatic carbocycles. The molecule has 0 atom stereocenters. The van der Waals surface area contributed by atoms with Crippen LogP contribution >= 0.6 is 47.6 Å². The van der Waals surface area contributed by atoms with Crippen LogP contribution in [0.15, 0.2) is 76.8 Å². The lowest BCUT2D eigenvalue weighted by Gasteiger charge is -2.17. The first-order valence-electron chi connectivity index (χ1n) is 12.8. The summed E-state index contributed by atoms with van der Waals surface area (Å²) in [5.41, 5.74) is 1.11.